The Morgan fingerprint density at radius 3 is 3.00 bits per heavy atom. The van der Waals surface area contributed by atoms with Crippen molar-refractivity contribution >= 4 is 11.6 Å². The number of hydrogen-bond donors (Lipinski definition) is 2. The van der Waals surface area contributed by atoms with Gasteiger partial charge in [0.05, 0.1) is 6.10 Å². The number of hydrogen-bond acceptors (Lipinski definition) is 3. The Labute approximate surface area is 114 Å². The average Bonchev–Trinajstić information content (AvgIpc) is 2.83. The second-order valence-corrected chi connectivity index (χ2v) is 5.15. The molecular formula is C15H22N2O2. The molecule has 1 aromatic carbocycles. The van der Waals surface area contributed by atoms with Gasteiger partial charge in [0.1, 0.15) is 0 Å². The molecular weight excluding hydrogens is 240 g/mol. The normalized spacial score (nSPS) is 22.4. The second-order valence-electron chi connectivity index (χ2n) is 5.15. The summed E-state index contributed by atoms with van der Waals surface area (Å²) in [4.78, 5) is 12.1. The van der Waals surface area contributed by atoms with Crippen LogP contribution in [0.3, 0.4) is 0 Å². The number of carbonyl (C=O) groups excluding carboxylic acids is 1. The summed E-state index contributed by atoms with van der Waals surface area (Å²) < 4.78 is 5.62. The molecule has 1 aromatic rings. The van der Waals surface area contributed by atoms with E-state index in [0.29, 0.717) is 23.7 Å². The predicted molar refractivity (Wildman–Crippen MR) is 76.1 cm³/mol. The molecule has 4 heteroatoms. The van der Waals surface area contributed by atoms with Gasteiger partial charge in [-0.2, -0.15) is 0 Å². The van der Waals surface area contributed by atoms with Crippen LogP contribution in [0.5, 0.6) is 0 Å². The molecule has 4 nitrogen and oxygen atoms in total. The van der Waals surface area contributed by atoms with Gasteiger partial charge in [0.2, 0.25) is 0 Å². The molecule has 1 amide bonds. The lowest BCUT2D eigenvalue weighted by Gasteiger charge is -2.17. The van der Waals surface area contributed by atoms with Crippen molar-refractivity contribution in [1.29, 1.82) is 0 Å². The van der Waals surface area contributed by atoms with Crippen LogP contribution < -0.4 is 11.1 Å². The van der Waals surface area contributed by atoms with Crippen molar-refractivity contribution in [3.8, 4) is 0 Å². The van der Waals surface area contributed by atoms with Crippen molar-refractivity contribution in [1.82, 2.24) is 5.32 Å². The summed E-state index contributed by atoms with van der Waals surface area (Å²) in [7, 11) is 0. The van der Waals surface area contributed by atoms with E-state index < -0.39 is 0 Å². The third kappa shape index (κ3) is 3.26. The van der Waals surface area contributed by atoms with Crippen LogP contribution in [0, 0.1) is 12.8 Å². The van der Waals surface area contributed by atoms with Gasteiger partial charge in [-0.05, 0) is 43.5 Å². The molecule has 19 heavy (non-hydrogen) atoms. The van der Waals surface area contributed by atoms with E-state index >= 15 is 0 Å². The van der Waals surface area contributed by atoms with Crippen LogP contribution >= 0.6 is 0 Å². The molecule has 0 radical (unpaired) electrons. The molecule has 2 rings (SSSR count). The molecule has 0 saturated carbocycles. The van der Waals surface area contributed by atoms with Gasteiger partial charge in [0.25, 0.3) is 5.91 Å². The van der Waals surface area contributed by atoms with Crippen LogP contribution in [-0.4, -0.2) is 25.2 Å². The van der Waals surface area contributed by atoms with Crippen molar-refractivity contribution in [2.75, 3.05) is 18.9 Å². The molecule has 104 valence electrons. The average molecular weight is 262 g/mol. The summed E-state index contributed by atoms with van der Waals surface area (Å²) in [5.41, 5.74) is 7.98. The van der Waals surface area contributed by atoms with Crippen molar-refractivity contribution in [2.45, 2.75) is 32.8 Å². The minimum absolute atomic E-state index is 0.0285. The van der Waals surface area contributed by atoms with Crippen LogP contribution in [0.15, 0.2) is 18.2 Å². The Bertz CT molecular complexity index is 459. The number of nitrogen functional groups attached to an aromatic ring is 1. The molecule has 0 aliphatic carbocycles. The number of aryl methyl sites for hydroxylation is 1. The molecule has 0 aromatic heterocycles. The standard InChI is InChI=1S/C15H22N2O2/c1-3-14-11(6-7-19-14)9-17-15(18)13-5-4-12(16)8-10(13)2/h4-5,8,11,14H,3,6-7,9,16H2,1-2H3,(H,17,18). The van der Waals surface area contributed by atoms with Crippen molar-refractivity contribution in [2.24, 2.45) is 5.92 Å². The molecule has 1 aliphatic rings. The van der Waals surface area contributed by atoms with E-state index in [0.717, 1.165) is 25.0 Å². The molecule has 1 fully saturated rings. The fourth-order valence-electron chi connectivity index (χ4n) is 2.64. The predicted octanol–water partition coefficient (Wildman–Crippen LogP) is 2.12. The highest BCUT2D eigenvalue weighted by atomic mass is 16.5. The summed E-state index contributed by atoms with van der Waals surface area (Å²) in [5.74, 6) is 0.405. The minimum Gasteiger partial charge on any atom is -0.399 e. The van der Waals surface area contributed by atoms with Gasteiger partial charge in [-0.1, -0.05) is 6.92 Å². The lowest BCUT2D eigenvalue weighted by molar-refractivity contribution is 0.0826. The lowest BCUT2D eigenvalue weighted by Crippen LogP contribution is -2.33. The number of nitrogens with one attached hydrogen (secondary N) is 1. The second kappa shape index (κ2) is 6.06. The van der Waals surface area contributed by atoms with Gasteiger partial charge >= 0.3 is 0 Å². The molecule has 3 N–H and O–H groups in total. The highest BCUT2D eigenvalue weighted by molar-refractivity contribution is 5.96. The third-order valence-electron chi connectivity index (χ3n) is 3.77. The fourth-order valence-corrected chi connectivity index (χ4v) is 2.64. The quantitative estimate of drug-likeness (QED) is 0.817. The number of anilines is 1. The number of benzene rings is 1. The van der Waals surface area contributed by atoms with E-state index in [2.05, 4.69) is 12.2 Å². The van der Waals surface area contributed by atoms with Gasteiger partial charge in [-0.25, -0.2) is 0 Å². The van der Waals surface area contributed by atoms with E-state index in [1.54, 1.807) is 12.1 Å². The first-order valence-corrected chi connectivity index (χ1v) is 6.87. The van der Waals surface area contributed by atoms with Gasteiger partial charge in [0.15, 0.2) is 0 Å². The number of ether oxygens (including phenoxy) is 1. The summed E-state index contributed by atoms with van der Waals surface area (Å²) in [6.07, 6.45) is 2.31. The van der Waals surface area contributed by atoms with Crippen LogP contribution in [0.1, 0.15) is 35.7 Å². The summed E-state index contributed by atoms with van der Waals surface area (Å²) >= 11 is 0. The number of rotatable bonds is 4. The smallest absolute Gasteiger partial charge is 0.251 e. The van der Waals surface area contributed by atoms with Gasteiger partial charge in [-0.15, -0.1) is 0 Å². The van der Waals surface area contributed by atoms with Crippen LogP contribution in [0.4, 0.5) is 5.69 Å². The highest BCUT2D eigenvalue weighted by Crippen LogP contribution is 2.22. The topological polar surface area (TPSA) is 64.3 Å². The first-order valence-electron chi connectivity index (χ1n) is 6.87. The Balaban J connectivity index is 1.94. The summed E-state index contributed by atoms with van der Waals surface area (Å²) in [6.45, 7) is 5.51. The van der Waals surface area contributed by atoms with Gasteiger partial charge in [0, 0.05) is 30.3 Å². The molecule has 1 saturated heterocycles. The number of carbonyl (C=O) groups is 1. The fraction of sp³-hybridized carbons (Fsp3) is 0.533. The van der Waals surface area contributed by atoms with E-state index in [9.17, 15) is 4.79 Å². The monoisotopic (exact) mass is 262 g/mol. The zero-order chi connectivity index (χ0) is 13.8. The Morgan fingerprint density at radius 2 is 2.32 bits per heavy atom. The molecule has 0 spiro atoms. The maximum absolute atomic E-state index is 12.1. The molecule has 2 atom stereocenters. The first kappa shape index (κ1) is 13.9. The third-order valence-corrected chi connectivity index (χ3v) is 3.77. The van der Waals surface area contributed by atoms with E-state index in [1.165, 1.54) is 0 Å². The number of nitrogens with two attached hydrogens (primary N) is 1. The van der Waals surface area contributed by atoms with Crippen molar-refractivity contribution in [3.05, 3.63) is 29.3 Å². The zero-order valence-corrected chi connectivity index (χ0v) is 11.6. The van der Waals surface area contributed by atoms with Gasteiger partial charge < -0.3 is 15.8 Å². The van der Waals surface area contributed by atoms with Crippen molar-refractivity contribution < 1.29 is 9.53 Å². The van der Waals surface area contributed by atoms with Crippen LogP contribution in [-0.2, 0) is 4.74 Å². The number of amides is 1. The first-order chi connectivity index (χ1) is 9.11. The molecule has 1 heterocycles. The maximum atomic E-state index is 12.1. The summed E-state index contributed by atoms with van der Waals surface area (Å²) in [6, 6.07) is 5.36. The summed E-state index contributed by atoms with van der Waals surface area (Å²) in [5, 5.41) is 3.01. The minimum atomic E-state index is -0.0285. The molecule has 1 aliphatic heterocycles. The Hall–Kier alpha value is -1.55. The van der Waals surface area contributed by atoms with Gasteiger partial charge in [-0.3, -0.25) is 4.79 Å². The SMILES string of the molecule is CCC1OCCC1CNC(=O)c1ccc(N)cc1C. The molecule has 0 bridgehead atoms. The lowest BCUT2D eigenvalue weighted by atomic mass is 9.99. The molecule has 2 unspecified atom stereocenters. The highest BCUT2D eigenvalue weighted by Gasteiger charge is 2.27. The Kier molecular flexibility index (Phi) is 4.43. The van der Waals surface area contributed by atoms with E-state index in [-0.39, 0.29) is 12.0 Å². The van der Waals surface area contributed by atoms with Crippen molar-refractivity contribution in [3.63, 3.8) is 0 Å². The largest absolute Gasteiger partial charge is 0.399 e. The van der Waals surface area contributed by atoms with Crippen LogP contribution in [0.2, 0.25) is 0 Å². The zero-order valence-electron chi connectivity index (χ0n) is 11.6. The van der Waals surface area contributed by atoms with Crippen LogP contribution in [0.25, 0.3) is 0 Å². The van der Waals surface area contributed by atoms with E-state index in [4.69, 9.17) is 10.5 Å². The maximum Gasteiger partial charge on any atom is 0.251 e. The van der Waals surface area contributed by atoms with E-state index in [1.807, 2.05) is 13.0 Å². The Morgan fingerprint density at radius 1 is 1.53 bits per heavy atom.